The maximum absolute atomic E-state index is 4.50. The van der Waals surface area contributed by atoms with E-state index in [1.54, 1.807) is 17.7 Å². The molecule has 0 unspecified atom stereocenters. The van der Waals surface area contributed by atoms with Gasteiger partial charge in [-0.15, -0.1) is 11.3 Å². The SMILES string of the molecule is c1cncc(CN2CCN(c3ncnc4sccc34)CC2)c1. The number of hydrogen-bond donors (Lipinski definition) is 0. The van der Waals surface area contributed by atoms with Crippen molar-refractivity contribution in [2.75, 3.05) is 31.1 Å². The highest BCUT2D eigenvalue weighted by Crippen LogP contribution is 2.27. The van der Waals surface area contributed by atoms with Gasteiger partial charge in [-0.2, -0.15) is 0 Å². The van der Waals surface area contributed by atoms with E-state index in [0.717, 1.165) is 43.4 Å². The first kappa shape index (κ1) is 13.6. The minimum Gasteiger partial charge on any atom is -0.353 e. The third-order valence-electron chi connectivity index (χ3n) is 4.04. The van der Waals surface area contributed by atoms with Crippen molar-refractivity contribution in [1.29, 1.82) is 0 Å². The molecule has 3 aromatic rings. The predicted octanol–water partition coefficient (Wildman–Crippen LogP) is 2.41. The van der Waals surface area contributed by atoms with Gasteiger partial charge in [-0.3, -0.25) is 9.88 Å². The van der Waals surface area contributed by atoms with Gasteiger partial charge in [-0.25, -0.2) is 9.97 Å². The molecule has 0 radical (unpaired) electrons. The summed E-state index contributed by atoms with van der Waals surface area (Å²) in [4.78, 5) is 18.9. The lowest BCUT2D eigenvalue weighted by Crippen LogP contribution is -2.46. The van der Waals surface area contributed by atoms with Crippen LogP contribution in [0, 0.1) is 0 Å². The largest absolute Gasteiger partial charge is 0.353 e. The normalized spacial score (nSPS) is 16.3. The summed E-state index contributed by atoms with van der Waals surface area (Å²) in [6.45, 7) is 5.07. The fraction of sp³-hybridized carbons (Fsp3) is 0.312. The van der Waals surface area contributed by atoms with E-state index in [1.807, 2.05) is 18.5 Å². The Balaban J connectivity index is 1.45. The molecule has 1 saturated heterocycles. The summed E-state index contributed by atoms with van der Waals surface area (Å²) in [6, 6.07) is 6.26. The maximum Gasteiger partial charge on any atom is 0.140 e. The summed E-state index contributed by atoms with van der Waals surface area (Å²) in [6.07, 6.45) is 5.45. The molecule has 5 nitrogen and oxygen atoms in total. The standard InChI is InChI=1S/C16H17N5S/c1-2-13(10-17-4-1)11-20-5-7-21(8-6-20)15-14-3-9-22-16(14)19-12-18-15/h1-4,9-10,12H,5-8,11H2. The Kier molecular flexibility index (Phi) is 3.70. The van der Waals surface area contributed by atoms with Crippen LogP contribution in [0.15, 0.2) is 42.3 Å². The van der Waals surface area contributed by atoms with Gasteiger partial charge in [-0.05, 0) is 23.1 Å². The molecule has 0 aliphatic carbocycles. The van der Waals surface area contributed by atoms with Gasteiger partial charge >= 0.3 is 0 Å². The molecule has 3 aromatic heterocycles. The molecule has 0 bridgehead atoms. The second-order valence-corrected chi connectivity index (χ2v) is 6.36. The van der Waals surface area contributed by atoms with Crippen molar-refractivity contribution in [3.05, 3.63) is 47.9 Å². The van der Waals surface area contributed by atoms with Gasteiger partial charge in [0.2, 0.25) is 0 Å². The zero-order chi connectivity index (χ0) is 14.8. The number of aromatic nitrogens is 3. The number of thiophene rings is 1. The average molecular weight is 311 g/mol. The van der Waals surface area contributed by atoms with Crippen molar-refractivity contribution in [2.24, 2.45) is 0 Å². The van der Waals surface area contributed by atoms with E-state index in [4.69, 9.17) is 0 Å². The van der Waals surface area contributed by atoms with Crippen LogP contribution in [-0.2, 0) is 6.54 Å². The zero-order valence-corrected chi connectivity index (χ0v) is 13.0. The summed E-state index contributed by atoms with van der Waals surface area (Å²) < 4.78 is 0. The Morgan fingerprint density at radius 3 is 2.82 bits per heavy atom. The van der Waals surface area contributed by atoms with Gasteiger partial charge < -0.3 is 4.90 Å². The summed E-state index contributed by atoms with van der Waals surface area (Å²) in [5.41, 5.74) is 1.28. The number of hydrogen-bond acceptors (Lipinski definition) is 6. The van der Waals surface area contributed by atoms with Gasteiger partial charge in [-0.1, -0.05) is 6.07 Å². The van der Waals surface area contributed by atoms with Gasteiger partial charge in [0.15, 0.2) is 0 Å². The van der Waals surface area contributed by atoms with Crippen molar-refractivity contribution in [3.8, 4) is 0 Å². The minimum absolute atomic E-state index is 0.972. The number of rotatable bonds is 3. The van der Waals surface area contributed by atoms with E-state index in [9.17, 15) is 0 Å². The molecular weight excluding hydrogens is 294 g/mol. The number of pyridine rings is 1. The van der Waals surface area contributed by atoms with Gasteiger partial charge in [0.05, 0.1) is 5.39 Å². The number of anilines is 1. The fourth-order valence-electron chi connectivity index (χ4n) is 2.90. The molecule has 0 amide bonds. The molecule has 6 heteroatoms. The molecule has 1 aliphatic rings. The van der Waals surface area contributed by atoms with Crippen molar-refractivity contribution < 1.29 is 0 Å². The van der Waals surface area contributed by atoms with E-state index in [2.05, 4.69) is 42.3 Å². The van der Waals surface area contributed by atoms with Crippen LogP contribution in [-0.4, -0.2) is 46.0 Å². The molecule has 22 heavy (non-hydrogen) atoms. The Labute approximate surface area is 133 Å². The smallest absolute Gasteiger partial charge is 0.140 e. The van der Waals surface area contributed by atoms with Crippen LogP contribution in [0.2, 0.25) is 0 Å². The van der Waals surface area contributed by atoms with Crippen LogP contribution in [0.1, 0.15) is 5.56 Å². The fourth-order valence-corrected chi connectivity index (χ4v) is 3.62. The second-order valence-electron chi connectivity index (χ2n) is 5.46. The molecule has 4 rings (SSSR count). The molecule has 0 aromatic carbocycles. The van der Waals surface area contributed by atoms with Crippen LogP contribution in [0.25, 0.3) is 10.2 Å². The lowest BCUT2D eigenvalue weighted by atomic mass is 10.2. The summed E-state index contributed by atoms with van der Waals surface area (Å²) in [7, 11) is 0. The molecule has 1 fully saturated rings. The molecule has 0 spiro atoms. The molecule has 1 aliphatic heterocycles. The second kappa shape index (κ2) is 5.98. The summed E-state index contributed by atoms with van der Waals surface area (Å²) in [5, 5.41) is 3.26. The monoisotopic (exact) mass is 311 g/mol. The quantitative estimate of drug-likeness (QED) is 0.743. The maximum atomic E-state index is 4.50. The molecule has 112 valence electrons. The first-order valence-corrected chi connectivity index (χ1v) is 8.32. The molecular formula is C16H17N5S. The van der Waals surface area contributed by atoms with Gasteiger partial charge in [0.1, 0.15) is 17.0 Å². The number of fused-ring (bicyclic) bond motifs is 1. The Bertz CT molecular complexity index is 749. The van der Waals surface area contributed by atoms with Gasteiger partial charge in [0.25, 0.3) is 0 Å². The van der Waals surface area contributed by atoms with E-state index < -0.39 is 0 Å². The molecule has 0 saturated carbocycles. The Morgan fingerprint density at radius 2 is 2.00 bits per heavy atom. The highest BCUT2D eigenvalue weighted by molar-refractivity contribution is 7.16. The van der Waals surface area contributed by atoms with Crippen LogP contribution in [0.3, 0.4) is 0 Å². The average Bonchev–Trinajstić information content (AvgIpc) is 3.05. The van der Waals surface area contributed by atoms with Crippen LogP contribution in [0.5, 0.6) is 0 Å². The summed E-state index contributed by atoms with van der Waals surface area (Å²) in [5.74, 6) is 1.08. The highest BCUT2D eigenvalue weighted by Gasteiger charge is 2.20. The highest BCUT2D eigenvalue weighted by atomic mass is 32.1. The Hall–Kier alpha value is -2.05. The zero-order valence-electron chi connectivity index (χ0n) is 12.2. The van der Waals surface area contributed by atoms with Crippen LogP contribution < -0.4 is 4.90 Å². The van der Waals surface area contributed by atoms with Crippen LogP contribution in [0.4, 0.5) is 5.82 Å². The van der Waals surface area contributed by atoms with Crippen molar-refractivity contribution >= 4 is 27.4 Å². The first-order valence-electron chi connectivity index (χ1n) is 7.44. The third-order valence-corrected chi connectivity index (χ3v) is 4.86. The van der Waals surface area contributed by atoms with E-state index in [-0.39, 0.29) is 0 Å². The molecule has 4 heterocycles. The first-order chi connectivity index (χ1) is 10.9. The topological polar surface area (TPSA) is 45.2 Å². The van der Waals surface area contributed by atoms with Crippen molar-refractivity contribution in [3.63, 3.8) is 0 Å². The van der Waals surface area contributed by atoms with E-state index >= 15 is 0 Å². The number of piperazine rings is 1. The molecule has 0 atom stereocenters. The number of nitrogens with zero attached hydrogens (tertiary/aromatic N) is 5. The summed E-state index contributed by atoms with van der Waals surface area (Å²) >= 11 is 1.67. The lowest BCUT2D eigenvalue weighted by molar-refractivity contribution is 0.249. The predicted molar refractivity (Wildman–Crippen MR) is 89.1 cm³/mol. The minimum atomic E-state index is 0.972. The Morgan fingerprint density at radius 1 is 1.09 bits per heavy atom. The van der Waals surface area contributed by atoms with Crippen molar-refractivity contribution in [2.45, 2.75) is 6.54 Å². The van der Waals surface area contributed by atoms with E-state index in [1.165, 1.54) is 10.9 Å². The lowest BCUT2D eigenvalue weighted by Gasteiger charge is -2.35. The van der Waals surface area contributed by atoms with Crippen molar-refractivity contribution in [1.82, 2.24) is 19.9 Å². The molecule has 0 N–H and O–H groups in total. The van der Waals surface area contributed by atoms with Gasteiger partial charge in [0, 0.05) is 45.1 Å². The van der Waals surface area contributed by atoms with E-state index in [0.29, 0.717) is 0 Å². The van der Waals surface area contributed by atoms with Crippen LogP contribution >= 0.6 is 11.3 Å². The third kappa shape index (κ3) is 2.67.